The Bertz CT molecular complexity index is 898. The SMILES string of the molecule is O=C1O[C@@]2(CCCN(S(=O)(=O)c3cccnc3)C2)c2ccccc21. The van der Waals surface area contributed by atoms with Gasteiger partial charge in [-0.2, -0.15) is 4.31 Å². The standard InChI is InChI=1S/C17H16N2O4S/c20-16-14-6-1-2-7-15(14)17(23-16)8-4-10-19(12-17)24(21,22)13-5-3-9-18-11-13/h1-3,5-7,9,11H,4,8,10,12H2/t17-/m1/s1. The molecule has 4 rings (SSSR count). The van der Waals surface area contributed by atoms with Crippen LogP contribution in [0.25, 0.3) is 0 Å². The quantitative estimate of drug-likeness (QED) is 0.778. The number of rotatable bonds is 2. The third-order valence-electron chi connectivity index (χ3n) is 4.62. The topological polar surface area (TPSA) is 76.6 Å². The van der Waals surface area contributed by atoms with Crippen molar-refractivity contribution < 1.29 is 17.9 Å². The largest absolute Gasteiger partial charge is 0.449 e. The summed E-state index contributed by atoms with van der Waals surface area (Å²) in [5, 5.41) is 0. The molecular weight excluding hydrogens is 328 g/mol. The molecule has 124 valence electrons. The van der Waals surface area contributed by atoms with Crippen LogP contribution in [0.15, 0.2) is 53.7 Å². The van der Waals surface area contributed by atoms with Crippen molar-refractivity contribution in [3.63, 3.8) is 0 Å². The molecule has 2 aliphatic heterocycles. The minimum absolute atomic E-state index is 0.132. The van der Waals surface area contributed by atoms with Crippen LogP contribution < -0.4 is 0 Å². The van der Waals surface area contributed by atoms with Gasteiger partial charge in [0.25, 0.3) is 0 Å². The third-order valence-corrected chi connectivity index (χ3v) is 6.45. The Morgan fingerprint density at radius 3 is 2.79 bits per heavy atom. The number of nitrogens with zero attached hydrogens (tertiary/aromatic N) is 2. The van der Waals surface area contributed by atoms with E-state index in [4.69, 9.17) is 4.74 Å². The fourth-order valence-corrected chi connectivity index (χ4v) is 4.98. The molecule has 1 aromatic carbocycles. The molecule has 0 unspecified atom stereocenters. The lowest BCUT2D eigenvalue weighted by molar-refractivity contribution is -0.0345. The van der Waals surface area contributed by atoms with Crippen molar-refractivity contribution in [2.24, 2.45) is 0 Å². The Hall–Kier alpha value is -2.25. The molecule has 1 saturated heterocycles. The first-order chi connectivity index (χ1) is 11.5. The summed E-state index contributed by atoms with van der Waals surface area (Å²) < 4.78 is 32.8. The van der Waals surface area contributed by atoms with Crippen LogP contribution in [-0.2, 0) is 20.4 Å². The summed E-state index contributed by atoms with van der Waals surface area (Å²) in [7, 11) is -3.67. The Balaban J connectivity index is 1.72. The van der Waals surface area contributed by atoms with Crippen molar-refractivity contribution >= 4 is 16.0 Å². The smallest absolute Gasteiger partial charge is 0.339 e. The fourth-order valence-electron chi connectivity index (χ4n) is 3.49. The van der Waals surface area contributed by atoms with Gasteiger partial charge in [-0.05, 0) is 31.0 Å². The third kappa shape index (κ3) is 2.23. The average molecular weight is 344 g/mol. The van der Waals surface area contributed by atoms with Crippen LogP contribution in [0.2, 0.25) is 0 Å². The van der Waals surface area contributed by atoms with Crippen LogP contribution in [-0.4, -0.2) is 36.8 Å². The highest BCUT2D eigenvalue weighted by Crippen LogP contribution is 2.43. The lowest BCUT2D eigenvalue weighted by Crippen LogP contribution is -2.48. The Labute approximate surface area is 140 Å². The molecular formula is C17H16N2O4S. The highest BCUT2D eigenvalue weighted by Gasteiger charge is 2.50. The first kappa shape index (κ1) is 15.3. The zero-order valence-electron chi connectivity index (χ0n) is 12.9. The van der Waals surface area contributed by atoms with Crippen LogP contribution >= 0.6 is 0 Å². The predicted octanol–water partition coefficient (Wildman–Crippen LogP) is 1.93. The van der Waals surface area contributed by atoms with Crippen molar-refractivity contribution in [3.05, 3.63) is 59.9 Å². The first-order valence-electron chi connectivity index (χ1n) is 7.76. The zero-order chi connectivity index (χ0) is 16.8. The van der Waals surface area contributed by atoms with Crippen molar-refractivity contribution in [1.29, 1.82) is 0 Å². The van der Waals surface area contributed by atoms with Gasteiger partial charge in [-0.1, -0.05) is 18.2 Å². The number of carbonyl (C=O) groups excluding carboxylic acids is 1. The zero-order valence-corrected chi connectivity index (χ0v) is 13.7. The number of sulfonamides is 1. The molecule has 0 bridgehead atoms. The second-order valence-corrected chi connectivity index (χ2v) is 8.00. The van der Waals surface area contributed by atoms with Gasteiger partial charge in [-0.15, -0.1) is 0 Å². The number of carbonyl (C=O) groups is 1. The van der Waals surface area contributed by atoms with Gasteiger partial charge in [0.1, 0.15) is 4.90 Å². The molecule has 1 spiro atoms. The molecule has 2 aliphatic rings. The molecule has 2 aromatic rings. The number of esters is 1. The van der Waals surface area contributed by atoms with E-state index >= 15 is 0 Å². The number of piperidine rings is 1. The summed E-state index contributed by atoms with van der Waals surface area (Å²) in [5.74, 6) is -0.383. The predicted molar refractivity (Wildman–Crippen MR) is 85.8 cm³/mol. The molecule has 0 saturated carbocycles. The highest BCUT2D eigenvalue weighted by molar-refractivity contribution is 7.89. The molecule has 1 fully saturated rings. The molecule has 1 aromatic heterocycles. The molecule has 7 heteroatoms. The van der Waals surface area contributed by atoms with Crippen LogP contribution in [0.4, 0.5) is 0 Å². The van der Waals surface area contributed by atoms with E-state index in [0.29, 0.717) is 24.9 Å². The van der Waals surface area contributed by atoms with Crippen molar-refractivity contribution in [2.75, 3.05) is 13.1 Å². The lowest BCUT2D eigenvalue weighted by Gasteiger charge is -2.38. The number of aromatic nitrogens is 1. The number of hydrogen-bond acceptors (Lipinski definition) is 5. The van der Waals surface area contributed by atoms with Gasteiger partial charge >= 0.3 is 5.97 Å². The summed E-state index contributed by atoms with van der Waals surface area (Å²) in [4.78, 5) is 16.2. The molecule has 1 atom stereocenters. The number of hydrogen-bond donors (Lipinski definition) is 0. The summed E-state index contributed by atoms with van der Waals surface area (Å²) in [6.45, 7) is 0.533. The molecule has 24 heavy (non-hydrogen) atoms. The van der Waals surface area contributed by atoms with Crippen LogP contribution in [0.5, 0.6) is 0 Å². The summed E-state index contributed by atoms with van der Waals surface area (Å²) >= 11 is 0. The van der Waals surface area contributed by atoms with E-state index in [0.717, 1.165) is 5.56 Å². The van der Waals surface area contributed by atoms with E-state index in [1.807, 2.05) is 12.1 Å². The van der Waals surface area contributed by atoms with Crippen LogP contribution in [0, 0.1) is 0 Å². The molecule has 6 nitrogen and oxygen atoms in total. The Morgan fingerprint density at radius 2 is 2.00 bits per heavy atom. The monoisotopic (exact) mass is 344 g/mol. The van der Waals surface area contributed by atoms with Crippen molar-refractivity contribution in [2.45, 2.75) is 23.3 Å². The fraction of sp³-hybridized carbons (Fsp3) is 0.294. The van der Waals surface area contributed by atoms with Gasteiger partial charge in [-0.3, -0.25) is 4.98 Å². The highest BCUT2D eigenvalue weighted by atomic mass is 32.2. The van der Waals surface area contributed by atoms with E-state index in [2.05, 4.69) is 4.98 Å². The molecule has 0 amide bonds. The molecule has 0 aliphatic carbocycles. The van der Waals surface area contributed by atoms with Crippen molar-refractivity contribution in [1.82, 2.24) is 9.29 Å². The minimum Gasteiger partial charge on any atom is -0.449 e. The van der Waals surface area contributed by atoms with Crippen LogP contribution in [0.3, 0.4) is 0 Å². The van der Waals surface area contributed by atoms with Crippen molar-refractivity contribution in [3.8, 4) is 0 Å². The average Bonchev–Trinajstić information content (AvgIpc) is 2.88. The van der Waals surface area contributed by atoms with Gasteiger partial charge in [0, 0.05) is 24.5 Å². The maximum absolute atomic E-state index is 12.9. The van der Waals surface area contributed by atoms with E-state index in [9.17, 15) is 13.2 Å². The maximum Gasteiger partial charge on any atom is 0.339 e. The van der Waals surface area contributed by atoms with E-state index in [1.165, 1.54) is 22.8 Å². The summed E-state index contributed by atoms with van der Waals surface area (Å²) in [5.41, 5.74) is 0.417. The number of ether oxygens (including phenoxy) is 1. The Kier molecular flexibility index (Phi) is 3.43. The van der Waals surface area contributed by atoms with Gasteiger partial charge in [-0.25, -0.2) is 13.2 Å². The molecule has 0 N–H and O–H groups in total. The second-order valence-electron chi connectivity index (χ2n) is 6.06. The lowest BCUT2D eigenvalue weighted by atomic mass is 9.86. The molecule has 0 radical (unpaired) electrons. The molecule has 3 heterocycles. The first-order valence-corrected chi connectivity index (χ1v) is 9.20. The van der Waals surface area contributed by atoms with E-state index < -0.39 is 15.6 Å². The van der Waals surface area contributed by atoms with Crippen LogP contribution in [0.1, 0.15) is 28.8 Å². The van der Waals surface area contributed by atoms with E-state index in [-0.39, 0.29) is 17.4 Å². The maximum atomic E-state index is 12.9. The van der Waals surface area contributed by atoms with Gasteiger partial charge < -0.3 is 4.74 Å². The van der Waals surface area contributed by atoms with E-state index in [1.54, 1.807) is 18.2 Å². The summed E-state index contributed by atoms with van der Waals surface area (Å²) in [6, 6.07) is 10.3. The van der Waals surface area contributed by atoms with Gasteiger partial charge in [0.05, 0.1) is 12.1 Å². The summed E-state index contributed by atoms with van der Waals surface area (Å²) in [6.07, 6.45) is 4.12. The number of pyridine rings is 1. The normalized spacial score (nSPS) is 23.9. The minimum atomic E-state index is -3.67. The van der Waals surface area contributed by atoms with Gasteiger partial charge in [0.2, 0.25) is 10.0 Å². The number of benzene rings is 1. The van der Waals surface area contributed by atoms with Gasteiger partial charge in [0.15, 0.2) is 5.60 Å². The number of fused-ring (bicyclic) bond motifs is 2. The Morgan fingerprint density at radius 1 is 1.17 bits per heavy atom. The second kappa shape index (κ2) is 5.39.